The van der Waals surface area contributed by atoms with Crippen LogP contribution in [-0.2, 0) is 31.3 Å². The van der Waals surface area contributed by atoms with Crippen molar-refractivity contribution in [2.75, 3.05) is 18.2 Å². The Morgan fingerprint density at radius 2 is 1.75 bits per heavy atom. The molecular weight excluding hydrogens is 399 g/mol. The van der Waals surface area contributed by atoms with Crippen LogP contribution in [0.3, 0.4) is 0 Å². The highest BCUT2D eigenvalue weighted by atomic mass is 32.2. The number of hydrogen-bond donors (Lipinski definition) is 1. The van der Waals surface area contributed by atoms with Gasteiger partial charge >= 0.3 is 12.1 Å². The van der Waals surface area contributed by atoms with E-state index in [9.17, 15) is 31.2 Å². The van der Waals surface area contributed by atoms with Gasteiger partial charge in [-0.3, -0.25) is 4.79 Å². The molecule has 0 radical (unpaired) electrons. The smallest absolute Gasteiger partial charge is 0.416 e. The lowest BCUT2D eigenvalue weighted by atomic mass is 10.1. The number of amides is 1. The zero-order valence-corrected chi connectivity index (χ0v) is 15.4. The first-order valence-electron chi connectivity index (χ1n) is 7.85. The lowest BCUT2D eigenvalue weighted by Gasteiger charge is -2.10. The van der Waals surface area contributed by atoms with Crippen LogP contribution in [-0.4, -0.2) is 33.2 Å². The molecule has 0 aromatic heterocycles. The van der Waals surface area contributed by atoms with Crippen LogP contribution in [0.2, 0.25) is 0 Å². The predicted octanol–water partition coefficient (Wildman–Crippen LogP) is 3.05. The molecule has 0 spiro atoms. The van der Waals surface area contributed by atoms with Gasteiger partial charge in [-0.1, -0.05) is 18.2 Å². The molecule has 0 aliphatic carbocycles. The van der Waals surface area contributed by atoms with Crippen LogP contribution >= 0.6 is 0 Å². The minimum absolute atomic E-state index is 0.0491. The second-order valence-electron chi connectivity index (χ2n) is 5.97. The van der Waals surface area contributed by atoms with Gasteiger partial charge in [0.25, 0.3) is 5.91 Å². The molecule has 2 aromatic rings. The Bertz CT molecular complexity index is 987. The average molecular weight is 415 g/mol. The van der Waals surface area contributed by atoms with Crippen molar-refractivity contribution in [3.8, 4) is 0 Å². The van der Waals surface area contributed by atoms with Crippen molar-refractivity contribution in [3.63, 3.8) is 0 Å². The molecule has 0 atom stereocenters. The molecule has 1 N–H and O–H groups in total. The highest BCUT2D eigenvalue weighted by molar-refractivity contribution is 7.89. The summed E-state index contributed by atoms with van der Waals surface area (Å²) in [6.07, 6.45) is -3.50. The fourth-order valence-corrected chi connectivity index (χ4v) is 3.06. The highest BCUT2D eigenvalue weighted by Gasteiger charge is 2.30. The third-order valence-corrected chi connectivity index (χ3v) is 4.26. The summed E-state index contributed by atoms with van der Waals surface area (Å²) in [6.45, 7) is -0.717. The zero-order valence-electron chi connectivity index (χ0n) is 14.6. The molecular formula is C18H16F3NO5S. The lowest BCUT2D eigenvalue weighted by molar-refractivity contribution is -0.137. The SMILES string of the molecule is CS(=O)(=O)Cc1cccc(C(=O)OCC(=O)Nc2cccc(C(F)(F)F)c2)c1. The van der Waals surface area contributed by atoms with E-state index in [1.54, 1.807) is 0 Å². The Balaban J connectivity index is 1.96. The number of hydrogen-bond acceptors (Lipinski definition) is 5. The van der Waals surface area contributed by atoms with Crippen molar-refractivity contribution >= 4 is 27.4 Å². The quantitative estimate of drug-likeness (QED) is 0.733. The van der Waals surface area contributed by atoms with Crippen molar-refractivity contribution in [2.24, 2.45) is 0 Å². The van der Waals surface area contributed by atoms with Crippen LogP contribution < -0.4 is 5.32 Å². The van der Waals surface area contributed by atoms with Gasteiger partial charge in [-0.05, 0) is 35.9 Å². The molecule has 0 unspecified atom stereocenters. The molecule has 2 rings (SSSR count). The van der Waals surface area contributed by atoms with E-state index in [2.05, 4.69) is 5.32 Å². The van der Waals surface area contributed by atoms with Gasteiger partial charge < -0.3 is 10.1 Å². The van der Waals surface area contributed by atoms with Crippen molar-refractivity contribution in [2.45, 2.75) is 11.9 Å². The summed E-state index contributed by atoms with van der Waals surface area (Å²) in [7, 11) is -3.29. The summed E-state index contributed by atoms with van der Waals surface area (Å²) in [5.41, 5.74) is -0.589. The van der Waals surface area contributed by atoms with Crippen LogP contribution in [0.25, 0.3) is 0 Å². The number of alkyl halides is 3. The second-order valence-corrected chi connectivity index (χ2v) is 8.11. The Kier molecular flexibility index (Phi) is 6.45. The number of ether oxygens (including phenoxy) is 1. The second kappa shape index (κ2) is 8.42. The van der Waals surface area contributed by atoms with Crippen LogP contribution in [0.1, 0.15) is 21.5 Å². The molecule has 0 fully saturated rings. The number of carbonyl (C=O) groups is 2. The summed E-state index contributed by atoms with van der Waals surface area (Å²) in [6, 6.07) is 9.74. The van der Waals surface area contributed by atoms with Gasteiger partial charge in [-0.2, -0.15) is 13.2 Å². The van der Waals surface area contributed by atoms with Crippen LogP contribution in [0.15, 0.2) is 48.5 Å². The molecule has 10 heteroatoms. The first-order valence-corrected chi connectivity index (χ1v) is 9.91. The van der Waals surface area contributed by atoms with E-state index in [0.29, 0.717) is 5.56 Å². The van der Waals surface area contributed by atoms with Crippen LogP contribution in [0, 0.1) is 0 Å². The maximum Gasteiger partial charge on any atom is 0.416 e. The average Bonchev–Trinajstić information content (AvgIpc) is 2.58. The van der Waals surface area contributed by atoms with Crippen molar-refractivity contribution < 1.29 is 35.9 Å². The summed E-state index contributed by atoms with van der Waals surface area (Å²) >= 11 is 0. The fourth-order valence-electron chi connectivity index (χ4n) is 2.28. The minimum atomic E-state index is -4.55. The Hall–Kier alpha value is -2.88. The van der Waals surface area contributed by atoms with E-state index in [-0.39, 0.29) is 17.0 Å². The number of rotatable bonds is 6. The van der Waals surface area contributed by atoms with E-state index in [1.807, 2.05) is 0 Å². The summed E-state index contributed by atoms with van der Waals surface area (Å²) < 4.78 is 65.4. The maximum absolute atomic E-state index is 12.7. The van der Waals surface area contributed by atoms with Gasteiger partial charge in [0, 0.05) is 11.9 Å². The highest BCUT2D eigenvalue weighted by Crippen LogP contribution is 2.30. The van der Waals surface area contributed by atoms with Crippen molar-refractivity contribution in [1.29, 1.82) is 0 Å². The summed E-state index contributed by atoms with van der Waals surface area (Å²) in [5, 5.41) is 2.21. The van der Waals surface area contributed by atoms with E-state index < -0.39 is 40.1 Å². The van der Waals surface area contributed by atoms with Crippen molar-refractivity contribution in [1.82, 2.24) is 0 Å². The Labute approximate surface area is 159 Å². The number of halogens is 3. The fraction of sp³-hybridized carbons (Fsp3) is 0.222. The summed E-state index contributed by atoms with van der Waals surface area (Å²) in [4.78, 5) is 23.8. The molecule has 0 saturated heterocycles. The number of sulfone groups is 1. The number of benzene rings is 2. The molecule has 0 aliphatic heterocycles. The molecule has 0 heterocycles. The number of carbonyl (C=O) groups excluding carboxylic acids is 2. The van der Waals surface area contributed by atoms with E-state index >= 15 is 0 Å². The number of anilines is 1. The standard InChI is InChI=1S/C18H16F3NO5S/c1-28(25,26)11-12-4-2-5-13(8-12)17(24)27-10-16(23)22-15-7-3-6-14(9-15)18(19,20)21/h2-9H,10-11H2,1H3,(H,22,23). The molecule has 1 amide bonds. The molecule has 0 saturated carbocycles. The van der Waals surface area contributed by atoms with Gasteiger partial charge in [0.1, 0.15) is 0 Å². The largest absolute Gasteiger partial charge is 0.452 e. The Morgan fingerprint density at radius 1 is 1.07 bits per heavy atom. The molecule has 28 heavy (non-hydrogen) atoms. The van der Waals surface area contributed by atoms with E-state index in [1.165, 1.54) is 30.3 Å². The monoisotopic (exact) mass is 415 g/mol. The number of nitrogens with one attached hydrogen (secondary N) is 1. The minimum Gasteiger partial charge on any atom is -0.452 e. The number of esters is 1. The first kappa shape index (κ1) is 21.4. The van der Waals surface area contributed by atoms with Gasteiger partial charge in [0.05, 0.1) is 16.9 Å². The van der Waals surface area contributed by atoms with Crippen LogP contribution in [0.5, 0.6) is 0 Å². The molecule has 6 nitrogen and oxygen atoms in total. The van der Waals surface area contributed by atoms with E-state index in [0.717, 1.165) is 24.5 Å². The Morgan fingerprint density at radius 3 is 2.39 bits per heavy atom. The van der Waals surface area contributed by atoms with Gasteiger partial charge in [-0.25, -0.2) is 13.2 Å². The van der Waals surface area contributed by atoms with E-state index in [4.69, 9.17) is 4.74 Å². The third-order valence-electron chi connectivity index (χ3n) is 3.40. The molecule has 2 aromatic carbocycles. The zero-order chi connectivity index (χ0) is 20.9. The predicted molar refractivity (Wildman–Crippen MR) is 95.3 cm³/mol. The first-order chi connectivity index (χ1) is 12.9. The van der Waals surface area contributed by atoms with Crippen molar-refractivity contribution in [3.05, 3.63) is 65.2 Å². The molecule has 150 valence electrons. The maximum atomic E-state index is 12.7. The van der Waals surface area contributed by atoms with Gasteiger partial charge in [-0.15, -0.1) is 0 Å². The summed E-state index contributed by atoms with van der Waals surface area (Å²) in [5.74, 6) is -1.95. The van der Waals surface area contributed by atoms with Gasteiger partial charge in [0.15, 0.2) is 16.4 Å². The normalized spacial score (nSPS) is 11.7. The molecule has 0 aliphatic rings. The third kappa shape index (κ3) is 6.69. The molecule has 0 bridgehead atoms. The topological polar surface area (TPSA) is 89.5 Å². The van der Waals surface area contributed by atoms with Crippen LogP contribution in [0.4, 0.5) is 18.9 Å². The lowest BCUT2D eigenvalue weighted by Crippen LogP contribution is -2.21. The van der Waals surface area contributed by atoms with Gasteiger partial charge in [0.2, 0.25) is 0 Å².